The lowest BCUT2D eigenvalue weighted by molar-refractivity contribution is -0.116. The molecule has 116 valence electrons. The van der Waals surface area contributed by atoms with Crippen LogP contribution in [0, 0.1) is 5.92 Å². The Kier molecular flexibility index (Phi) is 7.69. The van der Waals surface area contributed by atoms with Crippen LogP contribution in [0.1, 0.15) is 56.3 Å². The molecule has 1 aromatic rings. The molecule has 0 aromatic heterocycles. The number of hydrogen-bond donors (Lipinski definition) is 2. The fourth-order valence-electron chi connectivity index (χ4n) is 2.45. The van der Waals surface area contributed by atoms with Crippen LogP contribution in [0.25, 0.3) is 0 Å². The molecule has 0 aliphatic rings. The van der Waals surface area contributed by atoms with Crippen LogP contribution in [0.3, 0.4) is 0 Å². The van der Waals surface area contributed by atoms with E-state index in [-0.39, 0.29) is 11.7 Å². The lowest BCUT2D eigenvalue weighted by Gasteiger charge is -2.14. The summed E-state index contributed by atoms with van der Waals surface area (Å²) in [6.07, 6.45) is 4.57. The van der Waals surface area contributed by atoms with Gasteiger partial charge in [-0.3, -0.25) is 9.59 Å². The van der Waals surface area contributed by atoms with Gasteiger partial charge < -0.3 is 11.1 Å². The van der Waals surface area contributed by atoms with E-state index in [9.17, 15) is 9.59 Å². The zero-order valence-corrected chi connectivity index (χ0v) is 13.0. The minimum absolute atomic E-state index is 0.00273. The highest BCUT2D eigenvalue weighted by molar-refractivity contribution is 5.97. The van der Waals surface area contributed by atoms with Gasteiger partial charge >= 0.3 is 0 Å². The number of amides is 1. The normalized spacial score (nSPS) is 12.0. The lowest BCUT2D eigenvalue weighted by atomic mass is 9.94. The van der Waals surface area contributed by atoms with Crippen LogP contribution >= 0.6 is 0 Å². The molecule has 0 saturated carbocycles. The van der Waals surface area contributed by atoms with Gasteiger partial charge in [-0.15, -0.1) is 0 Å². The Morgan fingerprint density at radius 3 is 2.62 bits per heavy atom. The predicted molar refractivity (Wildman–Crippen MR) is 86.4 cm³/mol. The molecule has 0 bridgehead atoms. The Morgan fingerprint density at radius 2 is 2.00 bits per heavy atom. The van der Waals surface area contributed by atoms with E-state index < -0.39 is 0 Å². The third kappa shape index (κ3) is 6.54. The van der Waals surface area contributed by atoms with E-state index >= 15 is 0 Å². The monoisotopic (exact) mass is 290 g/mol. The molecule has 0 spiro atoms. The summed E-state index contributed by atoms with van der Waals surface area (Å²) < 4.78 is 0. The summed E-state index contributed by atoms with van der Waals surface area (Å²) in [5, 5.41) is 2.85. The number of Topliss-reactive ketones (excluding diaryl/α,β-unsaturated/α-hetero) is 1. The Hall–Kier alpha value is -1.68. The van der Waals surface area contributed by atoms with Crippen LogP contribution in [0.15, 0.2) is 24.3 Å². The van der Waals surface area contributed by atoms with Gasteiger partial charge in [0.15, 0.2) is 5.78 Å². The minimum Gasteiger partial charge on any atom is -0.330 e. The molecule has 4 nitrogen and oxygen atoms in total. The highest BCUT2D eigenvalue weighted by atomic mass is 16.1. The molecular formula is C17H26N2O2. The summed E-state index contributed by atoms with van der Waals surface area (Å²) in [5.74, 6) is 0.514. The maximum absolute atomic E-state index is 12.0. The van der Waals surface area contributed by atoms with Gasteiger partial charge in [-0.25, -0.2) is 0 Å². The summed E-state index contributed by atoms with van der Waals surface area (Å²) in [7, 11) is 0. The van der Waals surface area contributed by atoms with Crippen molar-refractivity contribution in [1.82, 2.24) is 0 Å². The van der Waals surface area contributed by atoms with Crippen molar-refractivity contribution in [2.45, 2.75) is 46.0 Å². The second kappa shape index (κ2) is 9.29. The first kappa shape index (κ1) is 17.4. The average molecular weight is 290 g/mol. The van der Waals surface area contributed by atoms with E-state index in [0.717, 1.165) is 25.7 Å². The van der Waals surface area contributed by atoms with Gasteiger partial charge in [0.05, 0.1) is 0 Å². The SMILES string of the molecule is CCCC(CCN)CCC(=O)Nc1cccc(C(C)=O)c1. The van der Waals surface area contributed by atoms with Gasteiger partial charge in [-0.2, -0.15) is 0 Å². The second-order valence-electron chi connectivity index (χ2n) is 5.46. The molecule has 0 aliphatic carbocycles. The molecule has 1 aromatic carbocycles. The third-order valence-corrected chi connectivity index (χ3v) is 3.60. The number of carbonyl (C=O) groups excluding carboxylic acids is 2. The van der Waals surface area contributed by atoms with Gasteiger partial charge in [-0.05, 0) is 44.4 Å². The second-order valence-corrected chi connectivity index (χ2v) is 5.46. The molecule has 0 aliphatic heterocycles. The number of anilines is 1. The van der Waals surface area contributed by atoms with Crippen molar-refractivity contribution >= 4 is 17.4 Å². The number of nitrogens with one attached hydrogen (secondary N) is 1. The van der Waals surface area contributed by atoms with Crippen LogP contribution in [-0.2, 0) is 4.79 Å². The summed E-state index contributed by atoms with van der Waals surface area (Å²) >= 11 is 0. The van der Waals surface area contributed by atoms with E-state index in [1.54, 1.807) is 24.3 Å². The van der Waals surface area contributed by atoms with Crippen LogP contribution < -0.4 is 11.1 Å². The van der Waals surface area contributed by atoms with Crippen molar-refractivity contribution < 1.29 is 9.59 Å². The molecule has 1 atom stereocenters. The van der Waals surface area contributed by atoms with Crippen LogP contribution in [-0.4, -0.2) is 18.2 Å². The number of ketones is 1. The van der Waals surface area contributed by atoms with Crippen molar-refractivity contribution in [2.75, 3.05) is 11.9 Å². The Balaban J connectivity index is 2.49. The fourth-order valence-corrected chi connectivity index (χ4v) is 2.45. The van der Waals surface area contributed by atoms with E-state index in [0.29, 0.717) is 30.1 Å². The zero-order chi connectivity index (χ0) is 15.7. The van der Waals surface area contributed by atoms with Gasteiger partial charge in [0.25, 0.3) is 0 Å². The third-order valence-electron chi connectivity index (χ3n) is 3.60. The molecule has 0 saturated heterocycles. The number of hydrogen-bond acceptors (Lipinski definition) is 3. The first-order chi connectivity index (χ1) is 10.1. The number of carbonyl (C=O) groups is 2. The molecular weight excluding hydrogens is 264 g/mol. The van der Waals surface area contributed by atoms with Gasteiger partial charge in [0.1, 0.15) is 0 Å². The van der Waals surface area contributed by atoms with Crippen LogP contribution in [0.2, 0.25) is 0 Å². The molecule has 1 amide bonds. The maximum Gasteiger partial charge on any atom is 0.224 e. The summed E-state index contributed by atoms with van der Waals surface area (Å²) in [5.41, 5.74) is 6.89. The molecule has 4 heteroatoms. The molecule has 21 heavy (non-hydrogen) atoms. The van der Waals surface area contributed by atoms with Gasteiger partial charge in [0, 0.05) is 17.7 Å². The predicted octanol–water partition coefficient (Wildman–Crippen LogP) is 3.37. The summed E-state index contributed by atoms with van der Waals surface area (Å²) in [6, 6.07) is 7.04. The quantitative estimate of drug-likeness (QED) is 0.685. The van der Waals surface area contributed by atoms with Crippen LogP contribution in [0.5, 0.6) is 0 Å². The Labute approximate surface area is 127 Å². The van der Waals surface area contributed by atoms with Crippen molar-refractivity contribution in [3.8, 4) is 0 Å². The number of nitrogens with two attached hydrogens (primary N) is 1. The molecule has 1 unspecified atom stereocenters. The number of rotatable bonds is 9. The van der Waals surface area contributed by atoms with Crippen molar-refractivity contribution in [2.24, 2.45) is 11.7 Å². The molecule has 1 rings (SSSR count). The summed E-state index contributed by atoms with van der Waals surface area (Å²) in [6.45, 7) is 4.34. The zero-order valence-electron chi connectivity index (χ0n) is 13.0. The summed E-state index contributed by atoms with van der Waals surface area (Å²) in [4.78, 5) is 23.3. The standard InChI is InChI=1S/C17H26N2O2/c1-3-5-14(10-11-18)8-9-17(21)19-16-7-4-6-15(12-16)13(2)20/h4,6-7,12,14H,3,5,8-11,18H2,1-2H3,(H,19,21). The number of benzene rings is 1. The highest BCUT2D eigenvalue weighted by Crippen LogP contribution is 2.18. The first-order valence-corrected chi connectivity index (χ1v) is 7.67. The highest BCUT2D eigenvalue weighted by Gasteiger charge is 2.10. The van der Waals surface area contributed by atoms with E-state index in [1.807, 2.05) is 0 Å². The molecule has 0 heterocycles. The minimum atomic E-state index is -0.00572. The molecule has 3 N–H and O–H groups in total. The van der Waals surface area contributed by atoms with Crippen molar-refractivity contribution in [3.05, 3.63) is 29.8 Å². The topological polar surface area (TPSA) is 72.2 Å². The average Bonchev–Trinajstić information content (AvgIpc) is 2.45. The molecule has 0 fully saturated rings. The van der Waals surface area contributed by atoms with Gasteiger partial charge in [-0.1, -0.05) is 31.9 Å². The lowest BCUT2D eigenvalue weighted by Crippen LogP contribution is -2.15. The van der Waals surface area contributed by atoms with Crippen molar-refractivity contribution in [1.29, 1.82) is 0 Å². The smallest absolute Gasteiger partial charge is 0.224 e. The Bertz CT molecular complexity index is 466. The van der Waals surface area contributed by atoms with Crippen LogP contribution in [0.4, 0.5) is 5.69 Å². The maximum atomic E-state index is 12.0. The van der Waals surface area contributed by atoms with E-state index in [2.05, 4.69) is 12.2 Å². The largest absolute Gasteiger partial charge is 0.330 e. The van der Waals surface area contributed by atoms with Crippen molar-refractivity contribution in [3.63, 3.8) is 0 Å². The van der Waals surface area contributed by atoms with Gasteiger partial charge in [0.2, 0.25) is 5.91 Å². The Morgan fingerprint density at radius 1 is 1.24 bits per heavy atom. The fraction of sp³-hybridized carbons (Fsp3) is 0.529. The van der Waals surface area contributed by atoms with E-state index in [1.165, 1.54) is 6.92 Å². The van der Waals surface area contributed by atoms with E-state index in [4.69, 9.17) is 5.73 Å². The first-order valence-electron chi connectivity index (χ1n) is 7.67. The molecule has 0 radical (unpaired) electrons.